The van der Waals surface area contributed by atoms with Gasteiger partial charge >= 0.3 is 6.01 Å². The van der Waals surface area contributed by atoms with Crippen LogP contribution in [0.25, 0.3) is 5.95 Å². The molecule has 0 bridgehead atoms. The molecule has 1 fully saturated rings. The zero-order valence-corrected chi connectivity index (χ0v) is 11.9. The van der Waals surface area contributed by atoms with Gasteiger partial charge in [-0.3, -0.25) is 0 Å². The number of aromatic nitrogens is 6. The summed E-state index contributed by atoms with van der Waals surface area (Å²) >= 11 is 0. The van der Waals surface area contributed by atoms with Crippen molar-refractivity contribution in [1.29, 1.82) is 0 Å². The molecule has 0 spiro atoms. The topological polar surface area (TPSA) is 114 Å². The van der Waals surface area contributed by atoms with E-state index in [1.54, 1.807) is 0 Å². The highest BCUT2D eigenvalue weighted by molar-refractivity contribution is 5.24. The molecule has 2 aromatic heterocycles. The minimum absolute atomic E-state index is 0.00542. The Labute approximate surface area is 121 Å². The van der Waals surface area contributed by atoms with Crippen molar-refractivity contribution in [3.63, 3.8) is 0 Å². The van der Waals surface area contributed by atoms with Gasteiger partial charge in [-0.2, -0.15) is 24.7 Å². The number of nitrogens with zero attached hydrogens (tertiary/aromatic N) is 6. The van der Waals surface area contributed by atoms with Crippen molar-refractivity contribution in [3.8, 4) is 12.0 Å². The third-order valence-corrected chi connectivity index (χ3v) is 3.17. The van der Waals surface area contributed by atoms with Crippen LogP contribution >= 0.6 is 0 Å². The normalized spacial score (nSPS) is 25.7. The summed E-state index contributed by atoms with van der Waals surface area (Å²) in [5.74, 6) is 0.363. The van der Waals surface area contributed by atoms with Crippen molar-refractivity contribution in [2.75, 3.05) is 5.73 Å². The van der Waals surface area contributed by atoms with E-state index in [0.717, 1.165) is 12.8 Å². The minimum Gasteiger partial charge on any atom is -0.460 e. The quantitative estimate of drug-likeness (QED) is 0.862. The van der Waals surface area contributed by atoms with Crippen LogP contribution in [0.3, 0.4) is 0 Å². The third-order valence-electron chi connectivity index (χ3n) is 3.17. The summed E-state index contributed by atoms with van der Waals surface area (Å²) in [5, 5.41) is 3.96. The number of nitrogens with two attached hydrogens (primary N) is 1. The summed E-state index contributed by atoms with van der Waals surface area (Å²) in [4.78, 5) is 16.1. The molecule has 9 nitrogen and oxygen atoms in total. The summed E-state index contributed by atoms with van der Waals surface area (Å²) in [6, 6.07) is 0.194. The Morgan fingerprint density at radius 1 is 1.24 bits per heavy atom. The van der Waals surface area contributed by atoms with E-state index in [-0.39, 0.29) is 36.2 Å². The highest BCUT2D eigenvalue weighted by Gasteiger charge is 2.26. The second-order valence-corrected chi connectivity index (χ2v) is 5.08. The zero-order valence-electron chi connectivity index (χ0n) is 11.9. The second kappa shape index (κ2) is 5.60. The van der Waals surface area contributed by atoms with Crippen LogP contribution in [0.1, 0.15) is 26.7 Å². The Hall–Kier alpha value is -2.29. The molecular formula is C12H17N7O2. The summed E-state index contributed by atoms with van der Waals surface area (Å²) in [6.45, 7) is 4.04. The molecule has 9 heteroatoms. The molecule has 2 aromatic rings. The van der Waals surface area contributed by atoms with Gasteiger partial charge in [0.2, 0.25) is 5.95 Å². The van der Waals surface area contributed by atoms with Crippen LogP contribution in [0.4, 0.5) is 5.95 Å². The van der Waals surface area contributed by atoms with Gasteiger partial charge in [-0.1, -0.05) is 0 Å². The summed E-state index contributed by atoms with van der Waals surface area (Å²) in [6.07, 6.45) is 4.73. The van der Waals surface area contributed by atoms with E-state index in [1.807, 2.05) is 13.8 Å². The van der Waals surface area contributed by atoms with Crippen LogP contribution in [0.15, 0.2) is 12.7 Å². The molecule has 1 saturated heterocycles. The highest BCUT2D eigenvalue weighted by Crippen LogP contribution is 2.22. The van der Waals surface area contributed by atoms with Crippen molar-refractivity contribution in [2.24, 2.45) is 0 Å². The number of hydrogen-bond donors (Lipinski definition) is 1. The number of nitrogen functional groups attached to an aromatic ring is 1. The fourth-order valence-corrected chi connectivity index (χ4v) is 2.42. The Balaban J connectivity index is 1.79. The molecule has 112 valence electrons. The molecule has 3 heterocycles. The Morgan fingerprint density at radius 2 is 2.00 bits per heavy atom. The molecule has 0 amide bonds. The van der Waals surface area contributed by atoms with Crippen LogP contribution in [0, 0.1) is 0 Å². The number of hydrogen-bond acceptors (Lipinski definition) is 8. The SMILES string of the molecule is CC1CC(Oc2nc(N)nc(-n3cncn3)n2)CC(C)O1. The average Bonchev–Trinajstić information content (AvgIpc) is 2.90. The lowest BCUT2D eigenvalue weighted by atomic mass is 10.0. The predicted molar refractivity (Wildman–Crippen MR) is 72.8 cm³/mol. The van der Waals surface area contributed by atoms with E-state index >= 15 is 0 Å². The Morgan fingerprint density at radius 3 is 2.67 bits per heavy atom. The van der Waals surface area contributed by atoms with Crippen LogP contribution in [-0.2, 0) is 4.74 Å². The molecule has 2 unspecified atom stereocenters. The van der Waals surface area contributed by atoms with Gasteiger partial charge in [-0.25, -0.2) is 4.98 Å². The smallest absolute Gasteiger partial charge is 0.323 e. The highest BCUT2D eigenvalue weighted by atomic mass is 16.5. The molecule has 0 saturated carbocycles. The van der Waals surface area contributed by atoms with Gasteiger partial charge < -0.3 is 15.2 Å². The van der Waals surface area contributed by atoms with E-state index in [1.165, 1.54) is 17.3 Å². The first-order valence-corrected chi connectivity index (χ1v) is 6.79. The van der Waals surface area contributed by atoms with Gasteiger partial charge in [-0.05, 0) is 13.8 Å². The molecule has 1 aliphatic heterocycles. The molecule has 2 N–H and O–H groups in total. The van der Waals surface area contributed by atoms with Crippen molar-refractivity contribution in [3.05, 3.63) is 12.7 Å². The maximum Gasteiger partial charge on any atom is 0.323 e. The first-order chi connectivity index (χ1) is 10.1. The molecule has 0 aromatic carbocycles. The monoisotopic (exact) mass is 291 g/mol. The van der Waals surface area contributed by atoms with E-state index in [2.05, 4.69) is 25.0 Å². The van der Waals surface area contributed by atoms with Gasteiger partial charge in [0.05, 0.1) is 12.2 Å². The summed E-state index contributed by atoms with van der Waals surface area (Å²) in [5.41, 5.74) is 5.70. The predicted octanol–water partition coefficient (Wildman–Crippen LogP) is 0.369. The van der Waals surface area contributed by atoms with E-state index < -0.39 is 0 Å². The molecule has 21 heavy (non-hydrogen) atoms. The van der Waals surface area contributed by atoms with Crippen molar-refractivity contribution in [2.45, 2.75) is 45.0 Å². The lowest BCUT2D eigenvalue weighted by molar-refractivity contribution is -0.0738. The zero-order chi connectivity index (χ0) is 14.8. The molecule has 3 rings (SSSR count). The van der Waals surface area contributed by atoms with E-state index in [9.17, 15) is 0 Å². The van der Waals surface area contributed by atoms with E-state index in [4.69, 9.17) is 15.2 Å². The fourth-order valence-electron chi connectivity index (χ4n) is 2.42. The molecule has 1 aliphatic rings. The maximum absolute atomic E-state index is 5.83. The Kier molecular flexibility index (Phi) is 3.65. The summed E-state index contributed by atoms with van der Waals surface area (Å²) < 4.78 is 12.9. The number of ether oxygens (including phenoxy) is 2. The van der Waals surface area contributed by atoms with Crippen molar-refractivity contribution < 1.29 is 9.47 Å². The standard InChI is InChI=1S/C12H17N7O2/c1-7-3-9(4-8(2)20-7)21-12-17-10(13)16-11(18-12)19-6-14-5-15-19/h5-9H,3-4H2,1-2H3,(H2,13,16,17,18). The first kappa shape index (κ1) is 13.7. The summed E-state index contributed by atoms with van der Waals surface area (Å²) in [7, 11) is 0. The lowest BCUT2D eigenvalue weighted by Crippen LogP contribution is -2.36. The van der Waals surface area contributed by atoms with Gasteiger partial charge in [0.15, 0.2) is 0 Å². The number of anilines is 1. The molecular weight excluding hydrogens is 274 g/mol. The van der Waals surface area contributed by atoms with Crippen molar-refractivity contribution in [1.82, 2.24) is 29.7 Å². The minimum atomic E-state index is -0.00542. The van der Waals surface area contributed by atoms with Crippen LogP contribution in [-0.4, -0.2) is 48.0 Å². The van der Waals surface area contributed by atoms with Crippen LogP contribution < -0.4 is 10.5 Å². The van der Waals surface area contributed by atoms with Gasteiger partial charge in [-0.15, -0.1) is 0 Å². The third kappa shape index (κ3) is 3.24. The fraction of sp³-hybridized carbons (Fsp3) is 0.583. The lowest BCUT2D eigenvalue weighted by Gasteiger charge is -2.31. The van der Waals surface area contributed by atoms with Crippen LogP contribution in [0.5, 0.6) is 6.01 Å². The van der Waals surface area contributed by atoms with Gasteiger partial charge in [0.25, 0.3) is 5.95 Å². The average molecular weight is 291 g/mol. The second-order valence-electron chi connectivity index (χ2n) is 5.08. The largest absolute Gasteiger partial charge is 0.460 e. The van der Waals surface area contributed by atoms with Gasteiger partial charge in [0, 0.05) is 12.8 Å². The number of rotatable bonds is 3. The molecule has 2 atom stereocenters. The van der Waals surface area contributed by atoms with Crippen molar-refractivity contribution >= 4 is 5.95 Å². The van der Waals surface area contributed by atoms with Gasteiger partial charge in [0.1, 0.15) is 18.8 Å². The Bertz CT molecular complexity index is 594. The van der Waals surface area contributed by atoms with E-state index in [0.29, 0.717) is 0 Å². The maximum atomic E-state index is 5.83. The first-order valence-electron chi connectivity index (χ1n) is 6.79. The molecule has 0 aliphatic carbocycles. The van der Waals surface area contributed by atoms with Crippen LogP contribution in [0.2, 0.25) is 0 Å². The molecule has 0 radical (unpaired) electrons.